The van der Waals surface area contributed by atoms with Crippen LogP contribution in [0.5, 0.6) is 0 Å². The van der Waals surface area contributed by atoms with Crippen LogP contribution in [-0.2, 0) is 4.84 Å². The number of amides is 1. The molecule has 0 spiro atoms. The monoisotopic (exact) mass is 268 g/mol. The van der Waals surface area contributed by atoms with Crippen molar-refractivity contribution in [1.29, 1.82) is 0 Å². The first-order chi connectivity index (χ1) is 8.72. The lowest BCUT2D eigenvalue weighted by Crippen LogP contribution is -2.46. The molecule has 1 aromatic rings. The largest absolute Gasteiger partial charge is 0.333 e. The Kier molecular flexibility index (Phi) is 4.58. The molecule has 0 aliphatic carbocycles. The van der Waals surface area contributed by atoms with Crippen LogP contribution in [0.4, 0.5) is 0 Å². The third-order valence-corrected chi connectivity index (χ3v) is 3.52. The number of hydrogen-bond donors (Lipinski definition) is 1. The van der Waals surface area contributed by atoms with E-state index in [1.165, 1.54) is 0 Å². The van der Waals surface area contributed by atoms with E-state index in [9.17, 15) is 4.79 Å². The molecule has 0 saturated carbocycles. The molecule has 5 heteroatoms. The molecule has 1 saturated heterocycles. The molecular formula is C13H17ClN2O2. The number of benzene rings is 1. The fourth-order valence-electron chi connectivity index (χ4n) is 2.31. The number of piperidine rings is 1. The van der Waals surface area contributed by atoms with Crippen LogP contribution in [-0.4, -0.2) is 30.0 Å². The van der Waals surface area contributed by atoms with Gasteiger partial charge in [0.2, 0.25) is 0 Å². The number of hydrogen-bond acceptors (Lipinski definition) is 3. The molecule has 1 heterocycles. The van der Waals surface area contributed by atoms with Crippen LogP contribution in [0.25, 0.3) is 0 Å². The lowest BCUT2D eigenvalue weighted by Gasteiger charge is -2.35. The molecule has 0 aromatic heterocycles. The van der Waals surface area contributed by atoms with Crippen LogP contribution in [0.2, 0.25) is 5.02 Å². The highest BCUT2D eigenvalue weighted by Gasteiger charge is 2.27. The highest BCUT2D eigenvalue weighted by molar-refractivity contribution is 6.30. The number of carbonyl (C=O) groups excluding carboxylic acids is 1. The molecule has 0 radical (unpaired) electrons. The van der Waals surface area contributed by atoms with E-state index in [1.54, 1.807) is 24.3 Å². The van der Waals surface area contributed by atoms with Crippen LogP contribution < -0.4 is 5.90 Å². The maximum atomic E-state index is 12.4. The molecule has 0 bridgehead atoms. The predicted octanol–water partition coefficient (Wildman–Crippen LogP) is 2.22. The van der Waals surface area contributed by atoms with Gasteiger partial charge in [0, 0.05) is 17.1 Å². The van der Waals surface area contributed by atoms with Gasteiger partial charge in [-0.1, -0.05) is 11.6 Å². The van der Waals surface area contributed by atoms with Gasteiger partial charge in [-0.2, -0.15) is 0 Å². The molecule has 1 amide bonds. The van der Waals surface area contributed by atoms with Crippen molar-refractivity contribution in [2.75, 3.05) is 13.2 Å². The number of likely N-dealkylation sites (tertiary alicyclic amines) is 1. The van der Waals surface area contributed by atoms with Crippen molar-refractivity contribution in [3.8, 4) is 0 Å². The molecule has 1 fully saturated rings. The van der Waals surface area contributed by atoms with Crippen molar-refractivity contribution in [2.24, 2.45) is 5.90 Å². The van der Waals surface area contributed by atoms with Crippen molar-refractivity contribution in [3.05, 3.63) is 34.9 Å². The van der Waals surface area contributed by atoms with E-state index >= 15 is 0 Å². The minimum absolute atomic E-state index is 0.0217. The summed E-state index contributed by atoms with van der Waals surface area (Å²) in [6, 6.07) is 7.03. The van der Waals surface area contributed by atoms with Crippen LogP contribution in [0.15, 0.2) is 24.3 Å². The van der Waals surface area contributed by atoms with Gasteiger partial charge in [-0.15, -0.1) is 0 Å². The zero-order chi connectivity index (χ0) is 13.0. The Balaban J connectivity index is 2.12. The molecule has 1 atom stereocenters. The van der Waals surface area contributed by atoms with Crippen LogP contribution in [0, 0.1) is 0 Å². The lowest BCUT2D eigenvalue weighted by molar-refractivity contribution is 0.0314. The molecular weight excluding hydrogens is 252 g/mol. The quantitative estimate of drug-likeness (QED) is 0.856. The number of rotatable bonds is 3. The summed E-state index contributed by atoms with van der Waals surface area (Å²) in [6.07, 6.45) is 3.08. The molecule has 1 aliphatic rings. The molecule has 1 aromatic carbocycles. The van der Waals surface area contributed by atoms with Gasteiger partial charge in [-0.3, -0.25) is 4.79 Å². The van der Waals surface area contributed by atoms with Gasteiger partial charge in [-0.05, 0) is 43.5 Å². The molecule has 98 valence electrons. The van der Waals surface area contributed by atoms with E-state index in [0.29, 0.717) is 17.2 Å². The van der Waals surface area contributed by atoms with E-state index in [0.717, 1.165) is 25.8 Å². The Hall–Kier alpha value is -1.10. The third kappa shape index (κ3) is 3.02. The van der Waals surface area contributed by atoms with E-state index in [1.807, 2.05) is 4.90 Å². The minimum atomic E-state index is 0.0217. The molecule has 2 N–H and O–H groups in total. The topological polar surface area (TPSA) is 55.6 Å². The fraction of sp³-hybridized carbons (Fsp3) is 0.462. The second-order valence-electron chi connectivity index (χ2n) is 4.49. The van der Waals surface area contributed by atoms with Gasteiger partial charge in [0.05, 0.1) is 12.6 Å². The van der Waals surface area contributed by atoms with Crippen molar-refractivity contribution < 1.29 is 9.63 Å². The first-order valence-corrected chi connectivity index (χ1v) is 6.48. The Morgan fingerprint density at radius 3 is 2.78 bits per heavy atom. The fourth-order valence-corrected chi connectivity index (χ4v) is 2.44. The highest BCUT2D eigenvalue weighted by atomic mass is 35.5. The Morgan fingerprint density at radius 1 is 1.39 bits per heavy atom. The number of carbonyl (C=O) groups is 1. The van der Waals surface area contributed by atoms with Crippen LogP contribution in [0.3, 0.4) is 0 Å². The van der Waals surface area contributed by atoms with Gasteiger partial charge in [0.15, 0.2) is 0 Å². The lowest BCUT2D eigenvalue weighted by atomic mass is 10.0. The van der Waals surface area contributed by atoms with E-state index in [2.05, 4.69) is 0 Å². The van der Waals surface area contributed by atoms with Crippen LogP contribution in [0.1, 0.15) is 29.6 Å². The summed E-state index contributed by atoms with van der Waals surface area (Å²) in [7, 11) is 0. The highest BCUT2D eigenvalue weighted by Crippen LogP contribution is 2.20. The standard InChI is InChI=1S/C13H17ClN2O2/c14-11-6-4-10(5-7-11)13(17)16-8-2-1-3-12(16)9-18-15/h4-7,12H,1-3,8-9,15H2. The smallest absolute Gasteiger partial charge is 0.254 e. The summed E-state index contributed by atoms with van der Waals surface area (Å²) in [6.45, 7) is 1.15. The zero-order valence-electron chi connectivity index (χ0n) is 10.1. The zero-order valence-corrected chi connectivity index (χ0v) is 10.9. The maximum absolute atomic E-state index is 12.4. The first kappa shape index (κ1) is 13.3. The number of nitrogens with two attached hydrogens (primary N) is 1. The van der Waals surface area contributed by atoms with Crippen molar-refractivity contribution in [2.45, 2.75) is 25.3 Å². The first-order valence-electron chi connectivity index (χ1n) is 6.10. The predicted molar refractivity (Wildman–Crippen MR) is 70.3 cm³/mol. The van der Waals surface area contributed by atoms with Crippen molar-refractivity contribution in [1.82, 2.24) is 4.90 Å². The Morgan fingerprint density at radius 2 is 2.11 bits per heavy atom. The second kappa shape index (κ2) is 6.18. The van der Waals surface area contributed by atoms with Gasteiger partial charge in [0.1, 0.15) is 0 Å². The van der Waals surface area contributed by atoms with Crippen molar-refractivity contribution in [3.63, 3.8) is 0 Å². The van der Waals surface area contributed by atoms with E-state index in [-0.39, 0.29) is 11.9 Å². The summed E-state index contributed by atoms with van der Waals surface area (Å²) in [5.41, 5.74) is 0.656. The summed E-state index contributed by atoms with van der Waals surface area (Å²) >= 11 is 5.82. The molecule has 2 rings (SSSR count). The average Bonchev–Trinajstić information content (AvgIpc) is 2.40. The van der Waals surface area contributed by atoms with Crippen LogP contribution >= 0.6 is 11.6 Å². The van der Waals surface area contributed by atoms with E-state index in [4.69, 9.17) is 22.3 Å². The molecule has 4 nitrogen and oxygen atoms in total. The minimum Gasteiger partial charge on any atom is -0.333 e. The van der Waals surface area contributed by atoms with Gasteiger partial charge >= 0.3 is 0 Å². The number of halogens is 1. The SMILES string of the molecule is NOCC1CCCCN1C(=O)c1ccc(Cl)cc1. The number of nitrogens with zero attached hydrogens (tertiary/aromatic N) is 1. The summed E-state index contributed by atoms with van der Waals surface area (Å²) in [5, 5.41) is 0.632. The summed E-state index contributed by atoms with van der Waals surface area (Å²) < 4.78 is 0. The molecule has 18 heavy (non-hydrogen) atoms. The van der Waals surface area contributed by atoms with Crippen molar-refractivity contribution >= 4 is 17.5 Å². The Bertz CT molecular complexity index is 406. The summed E-state index contributed by atoms with van der Waals surface area (Å²) in [4.78, 5) is 18.9. The normalized spacial score (nSPS) is 19.9. The molecule has 1 unspecified atom stereocenters. The Labute approximate surface area is 112 Å². The van der Waals surface area contributed by atoms with Gasteiger partial charge in [0.25, 0.3) is 5.91 Å². The summed E-state index contributed by atoms with van der Waals surface area (Å²) in [5.74, 6) is 5.15. The second-order valence-corrected chi connectivity index (χ2v) is 4.92. The van der Waals surface area contributed by atoms with Gasteiger partial charge < -0.3 is 9.74 Å². The third-order valence-electron chi connectivity index (χ3n) is 3.27. The average molecular weight is 269 g/mol. The van der Waals surface area contributed by atoms with E-state index < -0.39 is 0 Å². The van der Waals surface area contributed by atoms with Gasteiger partial charge in [-0.25, -0.2) is 5.90 Å². The maximum Gasteiger partial charge on any atom is 0.254 e. The molecule has 1 aliphatic heterocycles.